The Balaban J connectivity index is 1.70. The van der Waals surface area contributed by atoms with Crippen molar-refractivity contribution < 1.29 is 44.0 Å². The van der Waals surface area contributed by atoms with Crippen LogP contribution >= 0.6 is 0 Å². The number of carbonyl (C=O) groups is 3. The molecule has 10 heteroatoms. The predicted octanol–water partition coefficient (Wildman–Crippen LogP) is 6.79. The Hall–Kier alpha value is -4.53. The second-order valence-corrected chi connectivity index (χ2v) is 19.4. The third kappa shape index (κ3) is 7.79. The number of esters is 2. The number of aryl methyl sites for hydroxylation is 1. The first-order valence-electron chi connectivity index (χ1n) is 17.5. The molecule has 1 N–H and O–H groups in total. The molecule has 0 spiro atoms. The van der Waals surface area contributed by atoms with E-state index in [1.54, 1.807) is 18.2 Å². The number of amides is 1. The fraction of sp³-hybridized carbons (Fsp3) is 0.333. The summed E-state index contributed by atoms with van der Waals surface area (Å²) in [5.41, 5.74) is 8.80. The van der Waals surface area contributed by atoms with Crippen molar-refractivity contribution in [3.05, 3.63) is 111 Å². The zero-order chi connectivity index (χ0) is 38.1. The Morgan fingerprint density at radius 3 is 2.02 bits per heavy atom. The van der Waals surface area contributed by atoms with E-state index < -0.39 is 25.9 Å². The van der Waals surface area contributed by atoms with Crippen LogP contribution in [0.5, 0.6) is 5.75 Å². The molecule has 277 valence electrons. The summed E-state index contributed by atoms with van der Waals surface area (Å²) >= 11 is 5.73. The summed E-state index contributed by atoms with van der Waals surface area (Å²) in [5.74, 6) is -0.712. The van der Waals surface area contributed by atoms with Crippen molar-refractivity contribution in [2.24, 2.45) is 11.8 Å². The van der Waals surface area contributed by atoms with Gasteiger partial charge in [-0.1, -0.05) is 0 Å². The third-order valence-corrected chi connectivity index (χ3v) is 14.1. The van der Waals surface area contributed by atoms with Gasteiger partial charge in [-0.3, -0.25) is 9.59 Å². The standard InChI is InChI=1S/C42H48N2O6Si.Ni/c1-26(2)20-27(3)29-11-19-37-36(22-29)41(34-17-10-30(21-28(34)4)42(48)44(24-39(46)49-6)25-40(47)50-7)35-18-14-32(23-38(35)51(37,8)9)43(5)31-12-15-33(45)16-13-31;/h10,12-19,21-23,26-27,45H,20,24-25H2,1-9H3;/q-1;. The second kappa shape index (κ2) is 15.6. The van der Waals surface area contributed by atoms with Crippen LogP contribution in [-0.2, 0) is 34.1 Å². The number of aromatic hydroxyl groups is 1. The molecular formula is C42H48N2NiO6Si-. The maximum absolute atomic E-state index is 13.7. The van der Waals surface area contributed by atoms with Gasteiger partial charge in [0.25, 0.3) is 0 Å². The van der Waals surface area contributed by atoms with Gasteiger partial charge in [-0.05, 0) is 0 Å². The van der Waals surface area contributed by atoms with Crippen molar-refractivity contribution in [3.63, 3.8) is 0 Å². The van der Waals surface area contributed by atoms with Gasteiger partial charge in [0.1, 0.15) is 0 Å². The molecule has 1 heterocycles. The van der Waals surface area contributed by atoms with Crippen molar-refractivity contribution in [2.75, 3.05) is 39.3 Å². The fourth-order valence-corrected chi connectivity index (χ4v) is 10.9. The molecule has 8 nitrogen and oxygen atoms in total. The molecule has 5 rings (SSSR count). The van der Waals surface area contributed by atoms with Crippen LogP contribution in [0.15, 0.2) is 89.2 Å². The van der Waals surface area contributed by atoms with Crippen LogP contribution < -0.4 is 10.1 Å². The minimum atomic E-state index is -2.31. The molecule has 52 heavy (non-hydrogen) atoms. The van der Waals surface area contributed by atoms with Crippen molar-refractivity contribution >= 4 is 52.5 Å². The molecule has 3 aromatic rings. The van der Waals surface area contributed by atoms with Gasteiger partial charge in [0.2, 0.25) is 0 Å². The number of carbonyl (C=O) groups excluding carboxylic acids is 3. The number of methoxy groups -OCH3 is 2. The number of hydrogen-bond donors (Lipinski definition) is 1. The molecule has 0 radical (unpaired) electrons. The number of phenolic OH excluding ortho intramolecular Hbond substituents is 1. The topological polar surface area (TPSA) is 96.4 Å². The van der Waals surface area contributed by atoms with Crippen molar-refractivity contribution in [3.8, 4) is 5.75 Å². The van der Waals surface area contributed by atoms with Crippen molar-refractivity contribution in [1.82, 2.24) is 4.90 Å². The summed E-state index contributed by atoms with van der Waals surface area (Å²) in [6.07, 6.45) is 5.62. The van der Waals surface area contributed by atoms with Crippen LogP contribution in [0.1, 0.15) is 54.2 Å². The molecule has 1 aliphatic carbocycles. The molecule has 1 atom stereocenters. The third-order valence-electron chi connectivity index (χ3n) is 10.1. The quantitative estimate of drug-likeness (QED) is 0.170. The monoisotopic (exact) mass is 762 g/mol. The minimum absolute atomic E-state index is 0.220. The normalized spacial score (nSPS) is 15.3. The Morgan fingerprint density at radius 1 is 0.846 bits per heavy atom. The summed E-state index contributed by atoms with van der Waals surface area (Å²) in [6, 6.07) is 19.4. The molecule has 2 aliphatic rings. The van der Waals surface area contributed by atoms with Gasteiger partial charge in [0.15, 0.2) is 0 Å². The average Bonchev–Trinajstić information content (AvgIpc) is 3.11. The first kappa shape index (κ1) is 38.7. The van der Waals surface area contributed by atoms with Gasteiger partial charge in [0.05, 0.1) is 14.2 Å². The zero-order valence-corrected chi connectivity index (χ0v) is 33.4. The summed E-state index contributed by atoms with van der Waals surface area (Å²) in [4.78, 5) is 41.3. The van der Waals surface area contributed by atoms with Crippen LogP contribution in [0, 0.1) is 18.8 Å². The van der Waals surface area contributed by atoms with Crippen LogP contribution in [-0.4, -0.2) is 74.8 Å². The average molecular weight is 764 g/mol. The molecule has 0 bridgehead atoms. The van der Waals surface area contributed by atoms with Gasteiger partial charge in [-0.25, -0.2) is 0 Å². The number of fused-ring (bicyclic) bond motifs is 2. The van der Waals surface area contributed by atoms with E-state index in [0.717, 1.165) is 49.4 Å². The molecular weight excluding hydrogens is 715 g/mol. The summed E-state index contributed by atoms with van der Waals surface area (Å²) in [6.45, 7) is 12.7. The number of rotatable bonds is 11. The van der Waals surface area contributed by atoms with Gasteiger partial charge < -0.3 is 14.6 Å². The van der Waals surface area contributed by atoms with Gasteiger partial charge in [0, 0.05) is 0 Å². The Labute approximate surface area is 315 Å². The SMILES string of the molecule is COC(=O)CN(CC(=O)OC)C(=O)c1ccc(C2=C3C=C(C(C)CC(C)C)[C](=[Ni])C=C3[Si-](C)(C)c3cc(N(C)c4ccc(O)cc4)ccc32)c(C)c1. The molecule has 1 aliphatic heterocycles. The molecule has 3 aromatic carbocycles. The summed E-state index contributed by atoms with van der Waals surface area (Å²) in [7, 11) is 2.19. The predicted molar refractivity (Wildman–Crippen MR) is 207 cm³/mol. The maximum atomic E-state index is 13.7. The van der Waals surface area contributed by atoms with E-state index in [2.05, 4.69) is 69.1 Å². The number of anilines is 2. The van der Waals surface area contributed by atoms with E-state index in [4.69, 9.17) is 24.5 Å². The molecule has 0 saturated carbocycles. The number of hydrogen-bond acceptors (Lipinski definition) is 7. The van der Waals surface area contributed by atoms with Gasteiger partial charge >= 0.3 is 279 Å². The molecule has 0 saturated heterocycles. The number of allylic oxidation sites excluding steroid dienone is 5. The van der Waals surface area contributed by atoms with E-state index in [1.807, 2.05) is 38.2 Å². The van der Waals surface area contributed by atoms with Gasteiger partial charge in [-0.2, -0.15) is 0 Å². The van der Waals surface area contributed by atoms with E-state index in [-0.39, 0.29) is 18.8 Å². The van der Waals surface area contributed by atoms with Crippen LogP contribution in [0.3, 0.4) is 0 Å². The van der Waals surface area contributed by atoms with Gasteiger partial charge in [-0.15, -0.1) is 0 Å². The molecule has 1 unspecified atom stereocenters. The number of ether oxygens (including phenoxy) is 2. The Bertz CT molecular complexity index is 2010. The number of phenols is 1. The summed E-state index contributed by atoms with van der Waals surface area (Å²) in [5, 5.41) is 12.5. The second-order valence-electron chi connectivity index (χ2n) is 14.6. The van der Waals surface area contributed by atoms with Crippen molar-refractivity contribution in [1.29, 1.82) is 0 Å². The molecule has 1 amide bonds. The van der Waals surface area contributed by atoms with E-state index in [0.29, 0.717) is 17.4 Å². The fourth-order valence-electron chi connectivity index (χ4n) is 7.28. The summed E-state index contributed by atoms with van der Waals surface area (Å²) < 4.78 is 10.5. The van der Waals surface area contributed by atoms with Crippen LogP contribution in [0.4, 0.5) is 11.4 Å². The van der Waals surface area contributed by atoms with Crippen molar-refractivity contribution in [2.45, 2.75) is 47.2 Å². The van der Waals surface area contributed by atoms with E-state index in [1.165, 1.54) is 35.7 Å². The Morgan fingerprint density at radius 2 is 1.44 bits per heavy atom. The molecule has 0 aromatic heterocycles. The zero-order valence-electron chi connectivity index (χ0n) is 31.4. The van der Waals surface area contributed by atoms with E-state index in [9.17, 15) is 19.5 Å². The number of benzene rings is 3. The molecule has 0 fully saturated rings. The van der Waals surface area contributed by atoms with E-state index >= 15 is 0 Å². The first-order chi connectivity index (χ1) is 24.6. The van der Waals surface area contributed by atoms with Crippen LogP contribution in [0.25, 0.3) is 5.57 Å². The number of nitrogens with zero attached hydrogens (tertiary/aromatic N) is 2. The first-order valence-corrected chi connectivity index (χ1v) is 21.0. The Kier molecular flexibility index (Phi) is 11.6. The van der Waals surface area contributed by atoms with Crippen LogP contribution in [0.2, 0.25) is 13.1 Å².